The molecule has 2 amide bonds. The number of hydrogen-bond donors (Lipinski definition) is 2. The van der Waals surface area contributed by atoms with E-state index >= 15 is 0 Å². The van der Waals surface area contributed by atoms with Gasteiger partial charge in [-0.25, -0.2) is 4.79 Å². The standard InChI is InChI=1S/C21H24N4O/c1-25-16-18(15-23-25)12-13-22-21(26)24-20(19-10-6-3-7-11-19)14-17-8-4-2-5-9-17/h2-11,15-16,20H,12-14H2,1H3,(H2,22,24,26)/t20-/m0/s1. The van der Waals surface area contributed by atoms with E-state index < -0.39 is 0 Å². The highest BCUT2D eigenvalue weighted by atomic mass is 16.2. The van der Waals surface area contributed by atoms with Gasteiger partial charge in [-0.05, 0) is 29.5 Å². The van der Waals surface area contributed by atoms with E-state index in [-0.39, 0.29) is 12.1 Å². The van der Waals surface area contributed by atoms with Gasteiger partial charge in [0.2, 0.25) is 0 Å². The van der Waals surface area contributed by atoms with Gasteiger partial charge in [0, 0.05) is 19.8 Å². The summed E-state index contributed by atoms with van der Waals surface area (Å²) < 4.78 is 1.76. The summed E-state index contributed by atoms with van der Waals surface area (Å²) in [7, 11) is 1.89. The van der Waals surface area contributed by atoms with Crippen molar-refractivity contribution < 1.29 is 4.79 Å². The molecule has 134 valence electrons. The first kappa shape index (κ1) is 17.7. The summed E-state index contributed by atoms with van der Waals surface area (Å²) >= 11 is 0. The van der Waals surface area contributed by atoms with E-state index in [0.717, 1.165) is 24.0 Å². The molecule has 2 aromatic carbocycles. The normalized spacial score (nSPS) is 11.7. The second-order valence-electron chi connectivity index (χ2n) is 6.33. The van der Waals surface area contributed by atoms with Crippen LogP contribution in [0.25, 0.3) is 0 Å². The second kappa shape index (κ2) is 8.85. The molecule has 0 saturated heterocycles. The smallest absolute Gasteiger partial charge is 0.315 e. The molecule has 1 heterocycles. The largest absolute Gasteiger partial charge is 0.338 e. The van der Waals surface area contributed by atoms with E-state index in [1.807, 2.05) is 68.0 Å². The van der Waals surface area contributed by atoms with Crippen LogP contribution < -0.4 is 10.6 Å². The third-order valence-electron chi connectivity index (χ3n) is 4.25. The summed E-state index contributed by atoms with van der Waals surface area (Å²) in [5.74, 6) is 0. The van der Waals surface area contributed by atoms with E-state index in [9.17, 15) is 4.79 Å². The number of nitrogens with zero attached hydrogens (tertiary/aromatic N) is 2. The highest BCUT2D eigenvalue weighted by Gasteiger charge is 2.15. The van der Waals surface area contributed by atoms with E-state index in [2.05, 4.69) is 27.9 Å². The minimum absolute atomic E-state index is 0.0722. The van der Waals surface area contributed by atoms with Crippen LogP contribution in [0.3, 0.4) is 0 Å². The summed E-state index contributed by atoms with van der Waals surface area (Å²) in [6.45, 7) is 0.574. The number of hydrogen-bond acceptors (Lipinski definition) is 2. The predicted octanol–water partition coefficient (Wildman–Crippen LogP) is 3.25. The summed E-state index contributed by atoms with van der Waals surface area (Å²) in [5, 5.41) is 10.2. The van der Waals surface area contributed by atoms with E-state index in [1.165, 1.54) is 5.56 Å². The molecule has 0 aliphatic heterocycles. The van der Waals surface area contributed by atoms with Gasteiger partial charge < -0.3 is 10.6 Å². The van der Waals surface area contributed by atoms with Gasteiger partial charge in [0.25, 0.3) is 0 Å². The number of carbonyl (C=O) groups is 1. The molecule has 5 nitrogen and oxygen atoms in total. The lowest BCUT2D eigenvalue weighted by atomic mass is 9.99. The van der Waals surface area contributed by atoms with Crippen molar-refractivity contribution in [3.63, 3.8) is 0 Å². The Labute approximate surface area is 154 Å². The fraction of sp³-hybridized carbons (Fsp3) is 0.238. The minimum atomic E-state index is -0.154. The number of aryl methyl sites for hydroxylation is 1. The van der Waals surface area contributed by atoms with Gasteiger partial charge in [-0.2, -0.15) is 5.10 Å². The van der Waals surface area contributed by atoms with Gasteiger partial charge in [-0.15, -0.1) is 0 Å². The van der Waals surface area contributed by atoms with Gasteiger partial charge in [-0.3, -0.25) is 4.68 Å². The maximum Gasteiger partial charge on any atom is 0.315 e. The van der Waals surface area contributed by atoms with Crippen LogP contribution in [-0.4, -0.2) is 22.4 Å². The van der Waals surface area contributed by atoms with Crippen LogP contribution in [-0.2, 0) is 19.9 Å². The van der Waals surface area contributed by atoms with Crippen molar-refractivity contribution in [2.24, 2.45) is 7.05 Å². The number of aromatic nitrogens is 2. The first-order valence-electron chi connectivity index (χ1n) is 8.81. The van der Waals surface area contributed by atoms with Crippen LogP contribution in [0, 0.1) is 0 Å². The van der Waals surface area contributed by atoms with Crippen molar-refractivity contribution in [1.29, 1.82) is 0 Å². The lowest BCUT2D eigenvalue weighted by Gasteiger charge is -2.20. The Morgan fingerprint density at radius 3 is 2.38 bits per heavy atom. The molecule has 5 heteroatoms. The van der Waals surface area contributed by atoms with Crippen LogP contribution in [0.1, 0.15) is 22.7 Å². The Morgan fingerprint density at radius 1 is 1.04 bits per heavy atom. The molecule has 3 rings (SSSR count). The van der Waals surface area contributed by atoms with Crippen LogP contribution in [0.15, 0.2) is 73.1 Å². The highest BCUT2D eigenvalue weighted by molar-refractivity contribution is 5.74. The molecule has 0 spiro atoms. The number of carbonyl (C=O) groups excluding carboxylic acids is 1. The molecule has 0 fully saturated rings. The fourth-order valence-corrected chi connectivity index (χ4v) is 2.92. The summed E-state index contributed by atoms with van der Waals surface area (Å²) in [6, 6.07) is 20.0. The maximum atomic E-state index is 12.4. The lowest BCUT2D eigenvalue weighted by Crippen LogP contribution is -2.39. The predicted molar refractivity (Wildman–Crippen MR) is 103 cm³/mol. The molecule has 0 saturated carbocycles. The van der Waals surface area contributed by atoms with E-state index in [0.29, 0.717) is 6.54 Å². The third kappa shape index (κ3) is 5.21. The zero-order valence-electron chi connectivity index (χ0n) is 14.9. The van der Waals surface area contributed by atoms with Crippen molar-refractivity contribution in [3.05, 3.63) is 89.7 Å². The first-order chi connectivity index (χ1) is 12.7. The molecule has 3 aromatic rings. The number of nitrogens with one attached hydrogen (secondary N) is 2. The Bertz CT molecular complexity index is 814. The average Bonchev–Trinajstić information content (AvgIpc) is 3.08. The quantitative estimate of drug-likeness (QED) is 0.689. The number of rotatable bonds is 7. The third-order valence-corrected chi connectivity index (χ3v) is 4.25. The van der Waals surface area contributed by atoms with Crippen LogP contribution in [0.2, 0.25) is 0 Å². The molecule has 2 N–H and O–H groups in total. The van der Waals surface area contributed by atoms with Crippen molar-refractivity contribution >= 4 is 6.03 Å². The first-order valence-corrected chi connectivity index (χ1v) is 8.81. The molecule has 0 aliphatic rings. The number of urea groups is 1. The average molecular weight is 348 g/mol. The molecule has 0 radical (unpaired) electrons. The SMILES string of the molecule is Cn1cc(CCNC(=O)N[C@@H](Cc2ccccc2)c2ccccc2)cn1. The molecule has 0 unspecified atom stereocenters. The molecule has 1 aromatic heterocycles. The zero-order valence-corrected chi connectivity index (χ0v) is 14.9. The zero-order chi connectivity index (χ0) is 18.2. The van der Waals surface area contributed by atoms with Gasteiger partial charge >= 0.3 is 6.03 Å². The van der Waals surface area contributed by atoms with Gasteiger partial charge in [-0.1, -0.05) is 60.7 Å². The summed E-state index contributed by atoms with van der Waals surface area (Å²) in [4.78, 5) is 12.4. The van der Waals surface area contributed by atoms with E-state index in [1.54, 1.807) is 4.68 Å². The molecular formula is C21H24N4O. The van der Waals surface area contributed by atoms with Crippen LogP contribution in [0.5, 0.6) is 0 Å². The molecular weight excluding hydrogens is 324 g/mol. The topological polar surface area (TPSA) is 59.0 Å². The Balaban J connectivity index is 1.58. The molecule has 0 bridgehead atoms. The van der Waals surface area contributed by atoms with Gasteiger partial charge in [0.05, 0.1) is 12.2 Å². The maximum absolute atomic E-state index is 12.4. The number of benzene rings is 2. The second-order valence-corrected chi connectivity index (χ2v) is 6.33. The summed E-state index contributed by atoms with van der Waals surface area (Å²) in [6.07, 6.45) is 5.29. The van der Waals surface area contributed by atoms with Gasteiger partial charge in [0.15, 0.2) is 0 Å². The van der Waals surface area contributed by atoms with E-state index in [4.69, 9.17) is 0 Å². The van der Waals surface area contributed by atoms with Crippen molar-refractivity contribution in [2.75, 3.05) is 6.54 Å². The Hall–Kier alpha value is -3.08. The van der Waals surface area contributed by atoms with Crippen LogP contribution in [0.4, 0.5) is 4.79 Å². The Morgan fingerprint density at radius 2 is 1.73 bits per heavy atom. The van der Waals surface area contributed by atoms with Gasteiger partial charge in [0.1, 0.15) is 0 Å². The monoisotopic (exact) mass is 348 g/mol. The highest BCUT2D eigenvalue weighted by Crippen LogP contribution is 2.18. The van der Waals surface area contributed by atoms with Crippen molar-refractivity contribution in [3.8, 4) is 0 Å². The fourth-order valence-electron chi connectivity index (χ4n) is 2.92. The summed E-state index contributed by atoms with van der Waals surface area (Å²) in [5.41, 5.74) is 3.40. The number of amides is 2. The van der Waals surface area contributed by atoms with Crippen LogP contribution >= 0.6 is 0 Å². The lowest BCUT2D eigenvalue weighted by molar-refractivity contribution is 0.237. The molecule has 1 atom stereocenters. The van der Waals surface area contributed by atoms with Crippen molar-refractivity contribution in [2.45, 2.75) is 18.9 Å². The van der Waals surface area contributed by atoms with Crippen molar-refractivity contribution in [1.82, 2.24) is 20.4 Å². The minimum Gasteiger partial charge on any atom is -0.338 e. The molecule has 26 heavy (non-hydrogen) atoms. The Kier molecular flexibility index (Phi) is 6.04. The molecule has 0 aliphatic carbocycles.